The van der Waals surface area contributed by atoms with E-state index in [9.17, 15) is 8.78 Å². The Morgan fingerprint density at radius 3 is 1.88 bits per heavy atom. The van der Waals surface area contributed by atoms with E-state index in [2.05, 4.69) is 59.2 Å². The third-order valence-corrected chi connectivity index (χ3v) is 10.8. The van der Waals surface area contributed by atoms with Crippen molar-refractivity contribution in [1.82, 2.24) is 4.67 Å². The molecule has 1 heterocycles. The molecule has 0 N–H and O–H groups in total. The minimum atomic E-state index is -2.43. The Balaban J connectivity index is 2.72. The van der Waals surface area contributed by atoms with E-state index < -0.39 is 13.0 Å². The summed E-state index contributed by atoms with van der Waals surface area (Å²) < 4.78 is 40.0. The lowest BCUT2D eigenvalue weighted by atomic mass is 10.1. The van der Waals surface area contributed by atoms with Gasteiger partial charge in [-0.3, -0.25) is 4.67 Å². The largest absolute Gasteiger partial charge is 0.459 e. The van der Waals surface area contributed by atoms with Gasteiger partial charge in [-0.1, -0.05) is 60.2 Å². The van der Waals surface area contributed by atoms with Crippen LogP contribution in [0, 0.1) is 18.8 Å². The van der Waals surface area contributed by atoms with Gasteiger partial charge in [-0.05, 0) is 68.0 Å². The van der Waals surface area contributed by atoms with Gasteiger partial charge in [0.1, 0.15) is 13.0 Å². The van der Waals surface area contributed by atoms with Gasteiger partial charge in [0, 0.05) is 23.1 Å². The second-order valence-electron chi connectivity index (χ2n) is 10.4. The quantitative estimate of drug-likeness (QED) is 0.228. The maximum absolute atomic E-state index is 12.8. The van der Waals surface area contributed by atoms with Crippen LogP contribution in [0.1, 0.15) is 67.1 Å². The number of benzene rings is 1. The summed E-state index contributed by atoms with van der Waals surface area (Å²) in [5.74, 6) is -0.386. The van der Waals surface area contributed by atoms with Crippen LogP contribution in [0.2, 0.25) is 0 Å². The molecule has 0 saturated heterocycles. The van der Waals surface area contributed by atoms with Crippen LogP contribution in [0.15, 0.2) is 50.5 Å². The van der Waals surface area contributed by atoms with Crippen LogP contribution in [0.25, 0.3) is 0 Å². The first-order chi connectivity index (χ1) is 15.3. The highest BCUT2D eigenvalue weighted by molar-refractivity contribution is 7.99. The standard InChI is InChI=1S/C26H41F2N2OPS/c1-19(2)15-17-30(18-16-20(3)4)32(26(6,7)8,24-14-9-21(5)31-24)29-22-10-12-23(13-11-22)33-25(27)28/h9-14,19-20,25H,15-18H2,1-8H3/t32-/m1/s1. The fourth-order valence-corrected chi connectivity index (χ4v) is 8.47. The van der Waals surface area contributed by atoms with Gasteiger partial charge in [-0.25, -0.2) is 4.74 Å². The van der Waals surface area contributed by atoms with Crippen molar-refractivity contribution in [3.8, 4) is 0 Å². The van der Waals surface area contributed by atoms with Crippen LogP contribution in [-0.2, 0) is 0 Å². The summed E-state index contributed by atoms with van der Waals surface area (Å²) in [4.78, 5) is 0.550. The number of nitrogens with zero attached hydrogens (tertiary/aromatic N) is 2. The van der Waals surface area contributed by atoms with Gasteiger partial charge >= 0.3 is 0 Å². The molecule has 0 saturated carbocycles. The van der Waals surface area contributed by atoms with E-state index in [1.807, 2.05) is 25.1 Å². The molecule has 0 radical (unpaired) electrons. The maximum atomic E-state index is 12.8. The summed E-state index contributed by atoms with van der Waals surface area (Å²) in [6, 6.07) is 11.3. The van der Waals surface area contributed by atoms with Crippen LogP contribution in [-0.4, -0.2) is 28.7 Å². The second kappa shape index (κ2) is 12.0. The second-order valence-corrected chi connectivity index (χ2v) is 15.3. The highest BCUT2D eigenvalue weighted by Crippen LogP contribution is 2.64. The van der Waals surface area contributed by atoms with Gasteiger partial charge in [0.15, 0.2) is 5.50 Å². The molecule has 33 heavy (non-hydrogen) atoms. The topological polar surface area (TPSA) is 28.7 Å². The number of furan rings is 1. The summed E-state index contributed by atoms with van der Waals surface area (Å²) in [5.41, 5.74) is 1.75. The monoisotopic (exact) mass is 498 g/mol. The molecule has 0 bridgehead atoms. The lowest BCUT2D eigenvalue weighted by molar-refractivity contribution is 0.252. The highest BCUT2D eigenvalue weighted by Gasteiger charge is 2.43. The van der Waals surface area contributed by atoms with E-state index in [4.69, 9.17) is 9.16 Å². The van der Waals surface area contributed by atoms with Crippen LogP contribution in [0.3, 0.4) is 0 Å². The molecular weight excluding hydrogens is 457 g/mol. The van der Waals surface area contributed by atoms with E-state index >= 15 is 0 Å². The summed E-state index contributed by atoms with van der Waals surface area (Å²) in [5, 5.41) is -0.179. The van der Waals surface area contributed by atoms with E-state index in [1.54, 1.807) is 12.1 Å². The Hall–Kier alpha value is -1.10. The summed E-state index contributed by atoms with van der Waals surface area (Å²) in [7, 11) is -2.36. The molecular formula is C26H41F2N2OPS. The zero-order chi connectivity index (χ0) is 24.8. The highest BCUT2D eigenvalue weighted by atomic mass is 32.2. The summed E-state index contributed by atoms with van der Waals surface area (Å²) in [6.45, 7) is 19.6. The molecule has 0 unspecified atom stereocenters. The number of halogens is 2. The lowest BCUT2D eigenvalue weighted by Gasteiger charge is -2.44. The third kappa shape index (κ3) is 7.70. The first-order valence-corrected chi connectivity index (χ1v) is 14.4. The number of hydrogen-bond donors (Lipinski definition) is 0. The molecule has 0 amide bonds. The molecule has 3 nitrogen and oxygen atoms in total. The predicted octanol–water partition coefficient (Wildman–Crippen LogP) is 9.17. The molecule has 186 valence electrons. The molecule has 0 aliphatic heterocycles. The lowest BCUT2D eigenvalue weighted by Crippen LogP contribution is -2.38. The van der Waals surface area contributed by atoms with Crippen LogP contribution >= 0.6 is 19.0 Å². The molecule has 1 aromatic carbocycles. The molecule has 2 rings (SSSR count). The molecule has 0 spiro atoms. The first kappa shape index (κ1) is 28.1. The van der Waals surface area contributed by atoms with Gasteiger partial charge in [0.05, 0.1) is 5.69 Å². The normalized spacial score (nSPS) is 14.5. The van der Waals surface area contributed by atoms with Crippen molar-refractivity contribution in [2.24, 2.45) is 16.6 Å². The molecule has 0 fully saturated rings. The number of thioether (sulfide) groups is 1. The summed E-state index contributed by atoms with van der Waals surface area (Å²) in [6.07, 6.45) is 2.16. The van der Waals surface area contributed by atoms with Crippen LogP contribution in [0.5, 0.6) is 0 Å². The van der Waals surface area contributed by atoms with Crippen molar-refractivity contribution in [3.05, 3.63) is 42.2 Å². The third-order valence-electron chi connectivity index (χ3n) is 5.63. The smallest absolute Gasteiger partial charge is 0.288 e. The average Bonchev–Trinajstić information content (AvgIpc) is 3.12. The zero-order valence-corrected chi connectivity index (χ0v) is 23.1. The van der Waals surface area contributed by atoms with Crippen LogP contribution in [0.4, 0.5) is 14.5 Å². The van der Waals surface area contributed by atoms with E-state index in [0.29, 0.717) is 28.5 Å². The molecule has 0 aliphatic rings. The van der Waals surface area contributed by atoms with Crippen molar-refractivity contribution in [2.45, 2.75) is 84.0 Å². The Kier molecular flexibility index (Phi) is 10.3. The summed E-state index contributed by atoms with van der Waals surface area (Å²) >= 11 is 0.564. The van der Waals surface area contributed by atoms with Gasteiger partial charge in [-0.15, -0.1) is 0 Å². The Labute approximate surface area is 203 Å². The Bertz CT molecular complexity index is 905. The Morgan fingerprint density at radius 1 is 0.939 bits per heavy atom. The van der Waals surface area contributed by atoms with Crippen molar-refractivity contribution < 1.29 is 13.2 Å². The molecule has 1 aromatic heterocycles. The van der Waals surface area contributed by atoms with Crippen LogP contribution < -0.4 is 5.50 Å². The van der Waals surface area contributed by atoms with Gasteiger partial charge in [-0.2, -0.15) is 8.78 Å². The predicted molar refractivity (Wildman–Crippen MR) is 141 cm³/mol. The maximum Gasteiger partial charge on any atom is 0.288 e. The van der Waals surface area contributed by atoms with Crippen molar-refractivity contribution >= 4 is 30.2 Å². The number of hydrogen-bond acceptors (Lipinski definition) is 3. The van der Waals surface area contributed by atoms with Gasteiger partial charge in [0.2, 0.25) is 0 Å². The van der Waals surface area contributed by atoms with Crippen molar-refractivity contribution in [1.29, 1.82) is 0 Å². The van der Waals surface area contributed by atoms with E-state index in [0.717, 1.165) is 42.9 Å². The number of rotatable bonds is 11. The minimum absolute atomic E-state index is 0.179. The molecule has 0 aliphatic carbocycles. The first-order valence-electron chi connectivity index (χ1n) is 11.8. The van der Waals surface area contributed by atoms with Crippen molar-refractivity contribution in [2.75, 3.05) is 13.1 Å². The van der Waals surface area contributed by atoms with E-state index in [1.165, 1.54) is 0 Å². The van der Waals surface area contributed by atoms with Crippen molar-refractivity contribution in [3.63, 3.8) is 0 Å². The molecule has 1 atom stereocenters. The number of alkyl halides is 2. The van der Waals surface area contributed by atoms with E-state index in [-0.39, 0.29) is 5.16 Å². The SMILES string of the molecule is Cc1ccc([P@@](=Nc2ccc(SC(F)F)cc2)(N(CCC(C)C)CCC(C)C)C(C)(C)C)o1. The van der Waals surface area contributed by atoms with Gasteiger partial charge in [0.25, 0.3) is 5.76 Å². The number of aryl methyl sites for hydroxylation is 1. The molecule has 2 aromatic rings. The Morgan fingerprint density at radius 2 is 1.48 bits per heavy atom. The van der Waals surface area contributed by atoms with Gasteiger partial charge < -0.3 is 4.42 Å². The molecule has 7 heteroatoms. The fourth-order valence-electron chi connectivity index (χ4n) is 3.82. The zero-order valence-electron chi connectivity index (χ0n) is 21.4. The average molecular weight is 499 g/mol. The minimum Gasteiger partial charge on any atom is -0.459 e. The fraction of sp³-hybridized carbons (Fsp3) is 0.615.